The Morgan fingerprint density at radius 2 is 0.887 bits per heavy atom. The van der Waals surface area contributed by atoms with Gasteiger partial charge in [0.25, 0.3) is 5.91 Å². The molecule has 3 aliphatic carbocycles. The molecule has 1 unspecified atom stereocenters. The number of ketones is 1. The zero-order valence-corrected chi connectivity index (χ0v) is 53.3. The van der Waals surface area contributed by atoms with E-state index in [1.165, 1.54) is 122 Å². The van der Waals surface area contributed by atoms with Crippen molar-refractivity contribution in [1.29, 1.82) is 0 Å². The first kappa shape index (κ1) is 62.3. The van der Waals surface area contributed by atoms with Crippen molar-refractivity contribution in [1.82, 2.24) is 4.90 Å². The number of hydrogen-bond acceptors (Lipinski definition) is 6. The second-order valence-corrected chi connectivity index (χ2v) is 25.1. The predicted octanol–water partition coefficient (Wildman–Crippen LogP) is 19.8. The highest BCUT2D eigenvalue weighted by Gasteiger charge is 2.49. The van der Waals surface area contributed by atoms with Crippen LogP contribution < -0.4 is 0 Å². The van der Waals surface area contributed by atoms with E-state index in [1.54, 1.807) is 0 Å². The minimum atomic E-state index is -0.701. The number of hydrogen-bond donors (Lipinski definition) is 0. The number of ether oxygens (including phenoxy) is 4. The second kappa shape index (κ2) is 29.7. The van der Waals surface area contributed by atoms with Gasteiger partial charge in [-0.3, -0.25) is 9.59 Å². The van der Waals surface area contributed by atoms with Crippen molar-refractivity contribution >= 4 is 54.8 Å². The Hall–Kier alpha value is -3.70. The molecular formula is C71H95Br2NO6. The van der Waals surface area contributed by atoms with Crippen LogP contribution in [-0.2, 0) is 39.4 Å². The summed E-state index contributed by atoms with van der Waals surface area (Å²) in [4.78, 5) is 34.1. The van der Waals surface area contributed by atoms with Crippen LogP contribution in [0.2, 0.25) is 0 Å². The lowest BCUT2D eigenvalue weighted by Crippen LogP contribution is -2.37. The SMILES string of the molecule is CCCCCCC1(CCCCCC)c2cc(Br)ccc2-c2ccc(C3=C4C(=O)N(CC(OCC)OCC)C(c5ccc6c(c5)C(CCCCCC)(CCCCCC)c5cc(Br)ccc5-6)=C4C(=O)CCC3CC(OCC)OCC)cc21. The Balaban J connectivity index is 1.42. The number of fused-ring (bicyclic) bond motifs is 7. The smallest absolute Gasteiger partial charge is 0.259 e. The summed E-state index contributed by atoms with van der Waals surface area (Å²) in [5.74, 6) is -0.395. The van der Waals surface area contributed by atoms with Crippen molar-refractivity contribution < 1.29 is 28.5 Å². The number of nitrogens with zero attached hydrogens (tertiary/aromatic N) is 1. The summed E-state index contributed by atoms with van der Waals surface area (Å²) >= 11 is 7.86. The maximum atomic E-state index is 16.5. The summed E-state index contributed by atoms with van der Waals surface area (Å²) < 4.78 is 27.6. The number of halogens is 2. The van der Waals surface area contributed by atoms with Crippen molar-refractivity contribution in [3.8, 4) is 22.3 Å². The maximum absolute atomic E-state index is 16.5. The van der Waals surface area contributed by atoms with E-state index in [0.29, 0.717) is 56.1 Å². The van der Waals surface area contributed by atoms with Crippen LogP contribution in [-0.4, -0.2) is 62.1 Å². The third kappa shape index (κ3) is 13.3. The highest BCUT2D eigenvalue weighted by Crippen LogP contribution is 2.59. The molecule has 8 rings (SSSR count). The third-order valence-corrected chi connectivity index (χ3v) is 19.2. The van der Waals surface area contributed by atoms with Crippen LogP contribution in [0, 0.1) is 5.92 Å². The van der Waals surface area contributed by atoms with E-state index >= 15 is 9.59 Å². The van der Waals surface area contributed by atoms with Crippen LogP contribution in [0.5, 0.6) is 0 Å². The molecule has 7 nitrogen and oxygen atoms in total. The van der Waals surface area contributed by atoms with Crippen LogP contribution in [0.15, 0.2) is 92.9 Å². The zero-order chi connectivity index (χ0) is 56.8. The van der Waals surface area contributed by atoms with Gasteiger partial charge in [0.1, 0.15) is 0 Å². The number of carbonyl (C=O) groups excluding carboxylic acids is 2. The van der Waals surface area contributed by atoms with Crippen molar-refractivity contribution in [3.63, 3.8) is 0 Å². The molecule has 0 N–H and O–H groups in total. The molecule has 4 aliphatic rings. The monoisotopic (exact) mass is 1220 g/mol. The van der Waals surface area contributed by atoms with Gasteiger partial charge in [0.05, 0.1) is 23.4 Å². The molecule has 0 saturated heterocycles. The summed E-state index contributed by atoms with van der Waals surface area (Å²) in [6, 6.07) is 27.8. The normalized spacial score (nSPS) is 17.0. The summed E-state index contributed by atoms with van der Waals surface area (Å²) in [6.45, 7) is 19.1. The number of amides is 1. The Bertz CT molecular complexity index is 2770. The Kier molecular flexibility index (Phi) is 23.1. The van der Waals surface area contributed by atoms with Gasteiger partial charge in [-0.15, -0.1) is 0 Å². The van der Waals surface area contributed by atoms with E-state index in [1.807, 2.05) is 32.6 Å². The number of unbranched alkanes of at least 4 members (excludes halogenated alkanes) is 12. The molecule has 1 atom stereocenters. The Labute approximate surface area is 499 Å². The highest BCUT2D eigenvalue weighted by atomic mass is 79.9. The van der Waals surface area contributed by atoms with E-state index in [-0.39, 0.29) is 41.4 Å². The van der Waals surface area contributed by atoms with Gasteiger partial charge in [-0.05, 0) is 163 Å². The van der Waals surface area contributed by atoms with Gasteiger partial charge in [0.2, 0.25) is 0 Å². The molecule has 9 heteroatoms. The van der Waals surface area contributed by atoms with Gasteiger partial charge in [-0.25, -0.2) is 0 Å². The molecule has 0 aromatic heterocycles. The van der Waals surface area contributed by atoms with Crippen LogP contribution in [0.4, 0.5) is 0 Å². The van der Waals surface area contributed by atoms with Crippen molar-refractivity contribution in [2.45, 2.75) is 226 Å². The lowest BCUT2D eigenvalue weighted by atomic mass is 9.70. The van der Waals surface area contributed by atoms with E-state index in [0.717, 1.165) is 77.0 Å². The highest BCUT2D eigenvalue weighted by molar-refractivity contribution is 9.10. The van der Waals surface area contributed by atoms with Gasteiger partial charge in [-0.1, -0.05) is 199 Å². The van der Waals surface area contributed by atoms with Crippen molar-refractivity contribution in [2.24, 2.45) is 5.92 Å². The molecule has 1 heterocycles. The molecule has 1 amide bonds. The molecule has 0 radical (unpaired) electrons. The topological polar surface area (TPSA) is 74.3 Å². The number of benzene rings is 4. The van der Waals surface area contributed by atoms with Crippen LogP contribution in [0.25, 0.3) is 33.5 Å². The van der Waals surface area contributed by atoms with Crippen LogP contribution >= 0.6 is 31.9 Å². The van der Waals surface area contributed by atoms with Crippen LogP contribution in [0.1, 0.15) is 236 Å². The van der Waals surface area contributed by atoms with E-state index < -0.39 is 12.6 Å². The van der Waals surface area contributed by atoms with Gasteiger partial charge in [0.15, 0.2) is 18.4 Å². The Morgan fingerprint density at radius 3 is 1.32 bits per heavy atom. The summed E-state index contributed by atoms with van der Waals surface area (Å²) in [6.07, 6.45) is 23.2. The molecule has 0 saturated carbocycles. The van der Waals surface area contributed by atoms with Gasteiger partial charge in [-0.2, -0.15) is 0 Å². The predicted molar refractivity (Wildman–Crippen MR) is 338 cm³/mol. The summed E-state index contributed by atoms with van der Waals surface area (Å²) in [7, 11) is 0. The number of allylic oxidation sites excluding steroid dienone is 1. The molecule has 434 valence electrons. The fourth-order valence-corrected chi connectivity index (χ4v) is 15.2. The van der Waals surface area contributed by atoms with Crippen molar-refractivity contribution in [2.75, 3.05) is 33.0 Å². The minimum absolute atomic E-state index is 0.00249. The summed E-state index contributed by atoms with van der Waals surface area (Å²) in [5, 5.41) is 0. The molecule has 0 bridgehead atoms. The number of Topliss-reactive ketones (excluding diaryl/α,β-unsaturated/α-hetero) is 1. The fourth-order valence-electron chi connectivity index (χ4n) is 14.4. The van der Waals surface area contributed by atoms with Crippen molar-refractivity contribution in [3.05, 3.63) is 126 Å². The average Bonchev–Trinajstić information content (AvgIpc) is 3.95. The standard InChI is InChI=1S/C71H95Br2NO6/c1-9-17-21-25-39-70(40-26-22-18-10-2)58-43-49(29-34-54(58)56-36-32-52(72)46-60(56)70)65-50(45-63(77-13-5)78-14-6)31-38-62(75)66-67(65)69(76)74(48-64(79-15-7)80-16-8)68(66)51-30-35-55-57-37-33-53(73)47-61(57)71(59(55)44-51,41-27-23-19-11-3)42-28-24-20-12-4/h29-30,32-37,43-44,46-47,50,63-64H,9-28,31,38-42,45,48H2,1-8H3. The minimum Gasteiger partial charge on any atom is -0.353 e. The van der Waals surface area contributed by atoms with E-state index in [4.69, 9.17) is 18.9 Å². The molecule has 0 spiro atoms. The largest absolute Gasteiger partial charge is 0.353 e. The first-order chi connectivity index (χ1) is 39.0. The maximum Gasteiger partial charge on any atom is 0.259 e. The lowest BCUT2D eigenvalue weighted by molar-refractivity contribution is -0.150. The number of carbonyl (C=O) groups is 2. The van der Waals surface area contributed by atoms with Gasteiger partial charge < -0.3 is 23.8 Å². The summed E-state index contributed by atoms with van der Waals surface area (Å²) in [5.41, 5.74) is 14.7. The molecule has 4 aromatic rings. The molecule has 80 heavy (non-hydrogen) atoms. The van der Waals surface area contributed by atoms with E-state index in [9.17, 15) is 0 Å². The third-order valence-electron chi connectivity index (χ3n) is 18.2. The molecule has 0 fully saturated rings. The fraction of sp³-hybridized carbons (Fsp3) is 0.577. The first-order valence-corrected chi connectivity index (χ1v) is 33.3. The second-order valence-electron chi connectivity index (χ2n) is 23.3. The number of rotatable bonds is 34. The lowest BCUT2D eigenvalue weighted by Gasteiger charge is -2.34. The molecule has 1 aliphatic heterocycles. The Morgan fingerprint density at radius 1 is 0.487 bits per heavy atom. The molecular weight excluding hydrogens is 1120 g/mol. The van der Waals surface area contributed by atoms with Gasteiger partial charge in [0, 0.05) is 59.0 Å². The molecule has 4 aromatic carbocycles. The van der Waals surface area contributed by atoms with Gasteiger partial charge >= 0.3 is 0 Å². The van der Waals surface area contributed by atoms with Crippen LogP contribution in [0.3, 0.4) is 0 Å². The zero-order valence-electron chi connectivity index (χ0n) is 50.1. The first-order valence-electron chi connectivity index (χ1n) is 31.7. The quantitative estimate of drug-likeness (QED) is 0.0343. The van der Waals surface area contributed by atoms with E-state index in [2.05, 4.69) is 132 Å². The average molecular weight is 1220 g/mol.